The normalized spacial score (nSPS) is 12.0. The number of nitrogens with one attached hydrogen (secondary N) is 2. The third kappa shape index (κ3) is 5.83. The highest BCUT2D eigenvalue weighted by molar-refractivity contribution is 5.74. The first-order valence-corrected chi connectivity index (χ1v) is 8.14. The van der Waals surface area contributed by atoms with Crippen LogP contribution in [0.3, 0.4) is 0 Å². The summed E-state index contributed by atoms with van der Waals surface area (Å²) in [4.78, 5) is 12.1. The van der Waals surface area contributed by atoms with Gasteiger partial charge in [-0.05, 0) is 43.0 Å². The van der Waals surface area contributed by atoms with Crippen molar-refractivity contribution in [1.29, 1.82) is 0 Å². The number of halogens is 2. The molecule has 3 N–H and O–H groups in total. The Morgan fingerprint density at radius 3 is 1.88 bits per heavy atom. The number of benzene rings is 2. The molecule has 2 amide bonds. The van der Waals surface area contributed by atoms with E-state index in [1.165, 1.54) is 12.1 Å². The topological polar surface area (TPSA) is 61.4 Å². The monoisotopic (exact) mass is 348 g/mol. The van der Waals surface area contributed by atoms with Crippen LogP contribution in [0.2, 0.25) is 0 Å². The van der Waals surface area contributed by atoms with Crippen LogP contribution >= 0.6 is 0 Å². The highest BCUT2D eigenvalue weighted by Crippen LogP contribution is 2.14. The molecule has 0 aromatic heterocycles. The van der Waals surface area contributed by atoms with E-state index in [2.05, 4.69) is 10.6 Å². The van der Waals surface area contributed by atoms with E-state index in [9.17, 15) is 13.6 Å². The van der Waals surface area contributed by atoms with E-state index < -0.39 is 18.1 Å². The number of aliphatic hydroxyl groups excluding tert-OH is 1. The van der Waals surface area contributed by atoms with E-state index in [1.807, 2.05) is 0 Å². The van der Waals surface area contributed by atoms with Gasteiger partial charge in [0.25, 0.3) is 0 Å². The summed E-state index contributed by atoms with van der Waals surface area (Å²) in [5, 5.41) is 14.3. The van der Waals surface area contributed by atoms with Crippen molar-refractivity contribution in [2.75, 3.05) is 6.61 Å². The van der Waals surface area contributed by atoms with Gasteiger partial charge >= 0.3 is 6.03 Å². The lowest BCUT2D eigenvalue weighted by atomic mass is 9.98. The number of carbonyl (C=O) groups excluding carboxylic acids is 1. The minimum absolute atomic E-state index is 0.196. The molecular weight excluding hydrogens is 326 g/mol. The number of hydrogen-bond acceptors (Lipinski definition) is 2. The summed E-state index contributed by atoms with van der Waals surface area (Å²) < 4.78 is 27.9. The van der Waals surface area contributed by atoms with Gasteiger partial charge in [-0.2, -0.15) is 0 Å². The van der Waals surface area contributed by atoms with Crippen LogP contribution in [0.1, 0.15) is 18.1 Å². The zero-order valence-corrected chi connectivity index (χ0v) is 14.0. The zero-order chi connectivity index (χ0) is 18.2. The quantitative estimate of drug-likeness (QED) is 0.721. The van der Waals surface area contributed by atoms with Crippen LogP contribution in [-0.4, -0.2) is 29.8 Å². The maximum atomic E-state index is 13.9. The van der Waals surface area contributed by atoms with Gasteiger partial charge in [-0.1, -0.05) is 36.4 Å². The molecule has 1 atom stereocenters. The molecule has 0 bridgehead atoms. The van der Waals surface area contributed by atoms with Crippen molar-refractivity contribution in [3.05, 3.63) is 71.3 Å². The largest absolute Gasteiger partial charge is 0.394 e. The van der Waals surface area contributed by atoms with E-state index in [4.69, 9.17) is 5.11 Å². The van der Waals surface area contributed by atoms with Gasteiger partial charge in [0.2, 0.25) is 0 Å². The van der Waals surface area contributed by atoms with Crippen molar-refractivity contribution in [2.45, 2.75) is 31.8 Å². The van der Waals surface area contributed by atoms with Crippen LogP contribution in [-0.2, 0) is 12.8 Å². The smallest absolute Gasteiger partial charge is 0.315 e. The molecule has 0 saturated heterocycles. The lowest BCUT2D eigenvalue weighted by Gasteiger charge is -2.21. The first kappa shape index (κ1) is 18.9. The molecule has 0 radical (unpaired) electrons. The molecule has 25 heavy (non-hydrogen) atoms. The minimum atomic E-state index is -0.500. The third-order valence-corrected chi connectivity index (χ3v) is 3.83. The van der Waals surface area contributed by atoms with Gasteiger partial charge in [-0.3, -0.25) is 0 Å². The Morgan fingerprint density at radius 1 is 0.960 bits per heavy atom. The van der Waals surface area contributed by atoms with E-state index in [-0.39, 0.29) is 31.1 Å². The van der Waals surface area contributed by atoms with Gasteiger partial charge in [0.1, 0.15) is 11.6 Å². The summed E-state index contributed by atoms with van der Waals surface area (Å²) in [6, 6.07) is 11.2. The van der Waals surface area contributed by atoms with E-state index in [0.29, 0.717) is 11.1 Å². The number of carbonyl (C=O) groups is 1. The lowest BCUT2D eigenvalue weighted by Crippen LogP contribution is -2.48. The number of aliphatic hydroxyl groups is 1. The predicted octanol–water partition coefficient (Wildman–Crippen LogP) is 2.80. The van der Waals surface area contributed by atoms with Crippen LogP contribution in [0.4, 0.5) is 13.6 Å². The Hall–Kier alpha value is -2.47. The highest BCUT2D eigenvalue weighted by atomic mass is 19.1. The molecule has 0 fully saturated rings. The van der Waals surface area contributed by atoms with Gasteiger partial charge in [0, 0.05) is 6.04 Å². The standard InChI is InChI=1S/C19H22F2N2O2/c1-13(12-24)22-19(25)23-16(10-14-6-2-4-8-17(14)20)11-15-7-3-5-9-18(15)21/h2-9,13,16,24H,10-12H2,1H3,(H2,22,23,25)/t13-/m0/s1. The molecule has 2 aromatic rings. The molecule has 0 saturated carbocycles. The summed E-state index contributed by atoms with van der Waals surface area (Å²) >= 11 is 0. The second-order valence-corrected chi connectivity index (χ2v) is 5.99. The molecule has 2 rings (SSSR count). The first-order valence-electron chi connectivity index (χ1n) is 8.14. The van der Waals surface area contributed by atoms with Gasteiger partial charge < -0.3 is 15.7 Å². The van der Waals surface area contributed by atoms with Crippen molar-refractivity contribution < 1.29 is 18.7 Å². The average Bonchev–Trinajstić information content (AvgIpc) is 2.58. The van der Waals surface area contributed by atoms with Crippen molar-refractivity contribution in [1.82, 2.24) is 10.6 Å². The maximum absolute atomic E-state index is 13.9. The van der Waals surface area contributed by atoms with E-state index in [1.54, 1.807) is 43.3 Å². The Balaban J connectivity index is 2.14. The molecule has 0 unspecified atom stereocenters. The van der Waals surface area contributed by atoms with Gasteiger partial charge in [-0.25, -0.2) is 13.6 Å². The van der Waals surface area contributed by atoms with Crippen molar-refractivity contribution in [3.8, 4) is 0 Å². The number of hydrogen-bond donors (Lipinski definition) is 3. The predicted molar refractivity (Wildman–Crippen MR) is 92.2 cm³/mol. The zero-order valence-electron chi connectivity index (χ0n) is 14.0. The van der Waals surface area contributed by atoms with Crippen molar-refractivity contribution >= 4 is 6.03 Å². The van der Waals surface area contributed by atoms with Gasteiger partial charge in [0.05, 0.1) is 12.6 Å². The van der Waals surface area contributed by atoms with Crippen LogP contribution in [0.15, 0.2) is 48.5 Å². The minimum Gasteiger partial charge on any atom is -0.394 e. The van der Waals surface area contributed by atoms with Crippen LogP contribution in [0.5, 0.6) is 0 Å². The van der Waals surface area contributed by atoms with Crippen LogP contribution < -0.4 is 10.6 Å². The Morgan fingerprint density at radius 2 is 1.44 bits per heavy atom. The number of rotatable bonds is 7. The van der Waals surface area contributed by atoms with Crippen molar-refractivity contribution in [2.24, 2.45) is 0 Å². The lowest BCUT2D eigenvalue weighted by molar-refractivity contribution is 0.217. The molecule has 134 valence electrons. The Bertz CT molecular complexity index is 662. The fourth-order valence-corrected chi connectivity index (χ4v) is 2.53. The summed E-state index contributed by atoms with van der Waals surface area (Å²) in [6.07, 6.45) is 0.448. The Kier molecular flexibility index (Phi) is 6.89. The SMILES string of the molecule is C[C@@H](CO)NC(=O)NC(Cc1ccccc1F)Cc1ccccc1F. The van der Waals surface area contributed by atoms with E-state index in [0.717, 1.165) is 0 Å². The van der Waals surface area contributed by atoms with Crippen molar-refractivity contribution in [3.63, 3.8) is 0 Å². The summed E-state index contributed by atoms with van der Waals surface area (Å²) in [6.45, 7) is 1.46. The Labute approximate surface area is 145 Å². The maximum Gasteiger partial charge on any atom is 0.315 e. The first-order chi connectivity index (χ1) is 12.0. The molecule has 0 aliphatic carbocycles. The van der Waals surface area contributed by atoms with Gasteiger partial charge in [0.15, 0.2) is 0 Å². The second-order valence-electron chi connectivity index (χ2n) is 5.99. The fraction of sp³-hybridized carbons (Fsp3) is 0.316. The molecule has 2 aromatic carbocycles. The van der Waals surface area contributed by atoms with Gasteiger partial charge in [-0.15, -0.1) is 0 Å². The van der Waals surface area contributed by atoms with Crippen LogP contribution in [0, 0.1) is 11.6 Å². The molecule has 0 spiro atoms. The third-order valence-electron chi connectivity index (χ3n) is 3.83. The molecule has 0 aliphatic heterocycles. The summed E-state index contributed by atoms with van der Waals surface area (Å²) in [5.74, 6) is -0.737. The highest BCUT2D eigenvalue weighted by Gasteiger charge is 2.18. The number of amides is 2. The molecule has 6 heteroatoms. The summed E-state index contributed by atoms with van der Waals surface area (Å²) in [5.41, 5.74) is 0.888. The van der Waals surface area contributed by atoms with Crippen LogP contribution in [0.25, 0.3) is 0 Å². The summed E-state index contributed by atoms with van der Waals surface area (Å²) in [7, 11) is 0. The molecule has 0 aliphatic rings. The molecule has 0 heterocycles. The fourth-order valence-electron chi connectivity index (χ4n) is 2.53. The second kappa shape index (κ2) is 9.13. The average molecular weight is 348 g/mol. The van der Waals surface area contributed by atoms with E-state index >= 15 is 0 Å². The molecular formula is C19H22F2N2O2. The molecule has 4 nitrogen and oxygen atoms in total. The number of urea groups is 1.